The highest BCUT2D eigenvalue weighted by molar-refractivity contribution is 6.33. The molecule has 1 aromatic carbocycles. The largest absolute Gasteiger partial charge is 0.383 e. The molecule has 21 heavy (non-hydrogen) atoms. The van der Waals surface area contributed by atoms with Crippen LogP contribution in [0.15, 0.2) is 24.3 Å². The van der Waals surface area contributed by atoms with E-state index in [9.17, 15) is 0 Å². The molecule has 2 fully saturated rings. The Morgan fingerprint density at radius 3 is 2.52 bits per heavy atom. The number of halogens is 1. The van der Waals surface area contributed by atoms with E-state index >= 15 is 0 Å². The van der Waals surface area contributed by atoms with Crippen molar-refractivity contribution in [2.45, 2.75) is 31.6 Å². The minimum absolute atomic E-state index is 0.585. The van der Waals surface area contributed by atoms with Crippen molar-refractivity contribution in [2.75, 3.05) is 5.73 Å². The Labute approximate surface area is 130 Å². The molecular weight excluding hydrogens is 282 g/mol. The van der Waals surface area contributed by atoms with Crippen LogP contribution in [0.5, 0.6) is 0 Å². The molecule has 2 N–H and O–H groups in total. The van der Waals surface area contributed by atoms with Gasteiger partial charge in [0.25, 0.3) is 0 Å². The molecular formula is C17H20ClN3. The standard InChI is InChI=1S/C17H20ClN3/c1-21-17(19)15(12-8-4-5-9-13(12)18)16(20-21)14-10-6-2-3-7-11(10)14/h4-5,8-11,14H,2-3,6-7,19H2,1H3. The number of nitrogens with zero attached hydrogens (tertiary/aromatic N) is 2. The lowest BCUT2D eigenvalue weighted by molar-refractivity contribution is 0.480. The zero-order chi connectivity index (χ0) is 14.6. The average molecular weight is 302 g/mol. The molecule has 2 aliphatic rings. The van der Waals surface area contributed by atoms with E-state index in [2.05, 4.69) is 0 Å². The van der Waals surface area contributed by atoms with Crippen LogP contribution in [-0.4, -0.2) is 9.78 Å². The summed E-state index contributed by atoms with van der Waals surface area (Å²) in [7, 11) is 1.92. The lowest BCUT2D eigenvalue weighted by atomic mass is 10.0. The third-order valence-corrected chi connectivity index (χ3v) is 5.56. The van der Waals surface area contributed by atoms with Gasteiger partial charge >= 0.3 is 0 Å². The van der Waals surface area contributed by atoms with Crippen molar-refractivity contribution in [2.24, 2.45) is 18.9 Å². The Kier molecular flexibility index (Phi) is 3.00. The summed E-state index contributed by atoms with van der Waals surface area (Å²) < 4.78 is 1.80. The first-order chi connectivity index (χ1) is 10.2. The van der Waals surface area contributed by atoms with Crippen LogP contribution in [0.2, 0.25) is 5.02 Å². The van der Waals surface area contributed by atoms with E-state index in [1.165, 1.54) is 31.4 Å². The SMILES string of the molecule is Cn1nc(C2C3CCCCC32)c(-c2ccccc2Cl)c1N. The summed E-state index contributed by atoms with van der Waals surface area (Å²) in [6.45, 7) is 0. The summed E-state index contributed by atoms with van der Waals surface area (Å²) in [6, 6.07) is 7.94. The summed E-state index contributed by atoms with van der Waals surface area (Å²) in [6.07, 6.45) is 5.41. The smallest absolute Gasteiger partial charge is 0.129 e. The number of anilines is 1. The van der Waals surface area contributed by atoms with Gasteiger partial charge in [0, 0.05) is 29.1 Å². The van der Waals surface area contributed by atoms with Crippen LogP contribution in [0.1, 0.15) is 37.3 Å². The van der Waals surface area contributed by atoms with Gasteiger partial charge in [0.05, 0.1) is 5.69 Å². The predicted octanol–water partition coefficient (Wildman–Crippen LogP) is 4.23. The number of hydrogen-bond donors (Lipinski definition) is 1. The van der Waals surface area contributed by atoms with Crippen LogP contribution >= 0.6 is 11.6 Å². The van der Waals surface area contributed by atoms with E-state index in [-0.39, 0.29) is 0 Å². The van der Waals surface area contributed by atoms with Crippen LogP contribution in [-0.2, 0) is 7.05 Å². The normalized spacial score (nSPS) is 27.4. The summed E-state index contributed by atoms with van der Waals surface area (Å²) in [5, 5.41) is 5.50. The predicted molar refractivity (Wildman–Crippen MR) is 86.3 cm³/mol. The molecule has 0 amide bonds. The number of nitrogens with two attached hydrogens (primary N) is 1. The van der Waals surface area contributed by atoms with Crippen molar-refractivity contribution in [3.63, 3.8) is 0 Å². The third kappa shape index (κ3) is 1.98. The summed E-state index contributed by atoms with van der Waals surface area (Å²) in [5.74, 6) is 2.94. The molecule has 0 spiro atoms. The highest BCUT2D eigenvalue weighted by atomic mass is 35.5. The number of aryl methyl sites for hydroxylation is 1. The van der Waals surface area contributed by atoms with E-state index < -0.39 is 0 Å². The van der Waals surface area contributed by atoms with Gasteiger partial charge in [-0.15, -0.1) is 0 Å². The number of rotatable bonds is 2. The first-order valence-electron chi connectivity index (χ1n) is 7.75. The maximum atomic E-state index is 6.40. The Morgan fingerprint density at radius 2 is 1.86 bits per heavy atom. The number of aromatic nitrogens is 2. The van der Waals surface area contributed by atoms with Crippen molar-refractivity contribution in [3.8, 4) is 11.1 Å². The van der Waals surface area contributed by atoms with Crippen LogP contribution in [0.3, 0.4) is 0 Å². The molecule has 0 radical (unpaired) electrons. The van der Waals surface area contributed by atoms with Crippen molar-refractivity contribution in [1.29, 1.82) is 0 Å². The van der Waals surface area contributed by atoms with Gasteiger partial charge in [0.2, 0.25) is 0 Å². The zero-order valence-corrected chi connectivity index (χ0v) is 13.0. The van der Waals surface area contributed by atoms with E-state index in [1.54, 1.807) is 4.68 Å². The van der Waals surface area contributed by atoms with Crippen molar-refractivity contribution < 1.29 is 0 Å². The fourth-order valence-corrected chi connectivity index (χ4v) is 4.36. The Hall–Kier alpha value is -1.48. The fraction of sp³-hybridized carbons (Fsp3) is 0.471. The van der Waals surface area contributed by atoms with Gasteiger partial charge in [0.15, 0.2) is 0 Å². The quantitative estimate of drug-likeness (QED) is 0.902. The van der Waals surface area contributed by atoms with Gasteiger partial charge in [-0.2, -0.15) is 5.10 Å². The number of benzene rings is 1. The Morgan fingerprint density at radius 1 is 1.19 bits per heavy atom. The molecule has 2 atom stereocenters. The third-order valence-electron chi connectivity index (χ3n) is 5.23. The Bertz CT molecular complexity index is 679. The summed E-state index contributed by atoms with van der Waals surface area (Å²) in [4.78, 5) is 0. The number of nitrogen functional groups attached to an aromatic ring is 1. The molecule has 3 nitrogen and oxygen atoms in total. The minimum Gasteiger partial charge on any atom is -0.383 e. The van der Waals surface area contributed by atoms with Crippen LogP contribution in [0, 0.1) is 11.8 Å². The lowest BCUT2D eigenvalue weighted by Crippen LogP contribution is -1.98. The van der Waals surface area contributed by atoms with Crippen molar-refractivity contribution in [1.82, 2.24) is 9.78 Å². The molecule has 4 rings (SSSR count). The van der Waals surface area contributed by atoms with E-state index in [4.69, 9.17) is 22.4 Å². The van der Waals surface area contributed by atoms with Gasteiger partial charge in [-0.05, 0) is 30.7 Å². The van der Waals surface area contributed by atoms with E-state index in [0.29, 0.717) is 5.92 Å². The van der Waals surface area contributed by atoms with Gasteiger partial charge < -0.3 is 5.73 Å². The van der Waals surface area contributed by atoms with Crippen molar-refractivity contribution >= 4 is 17.4 Å². The van der Waals surface area contributed by atoms with Crippen LogP contribution in [0.4, 0.5) is 5.82 Å². The van der Waals surface area contributed by atoms with Gasteiger partial charge in [-0.3, -0.25) is 4.68 Å². The number of hydrogen-bond acceptors (Lipinski definition) is 2. The molecule has 2 aromatic rings. The summed E-state index contributed by atoms with van der Waals surface area (Å²) in [5.41, 5.74) is 9.54. The maximum Gasteiger partial charge on any atom is 0.129 e. The molecule has 2 saturated carbocycles. The first-order valence-corrected chi connectivity index (χ1v) is 8.13. The molecule has 2 aliphatic carbocycles. The molecule has 0 aliphatic heterocycles. The summed E-state index contributed by atoms with van der Waals surface area (Å²) >= 11 is 6.40. The topological polar surface area (TPSA) is 43.8 Å². The first kappa shape index (κ1) is 13.2. The minimum atomic E-state index is 0.585. The number of fused-ring (bicyclic) bond motifs is 1. The maximum absolute atomic E-state index is 6.40. The van der Waals surface area contributed by atoms with E-state index in [0.717, 1.165) is 33.8 Å². The molecule has 1 heterocycles. The van der Waals surface area contributed by atoms with E-state index in [1.807, 2.05) is 31.3 Å². The van der Waals surface area contributed by atoms with Gasteiger partial charge in [-0.25, -0.2) is 0 Å². The highest BCUT2D eigenvalue weighted by Gasteiger charge is 2.53. The molecule has 110 valence electrons. The fourth-order valence-electron chi connectivity index (χ4n) is 4.13. The molecule has 0 saturated heterocycles. The zero-order valence-electron chi connectivity index (χ0n) is 12.2. The van der Waals surface area contributed by atoms with Gasteiger partial charge in [-0.1, -0.05) is 42.6 Å². The molecule has 4 heteroatoms. The monoisotopic (exact) mass is 301 g/mol. The second-order valence-corrected chi connectivity index (χ2v) is 6.79. The molecule has 2 unspecified atom stereocenters. The molecule has 0 bridgehead atoms. The van der Waals surface area contributed by atoms with Crippen LogP contribution in [0.25, 0.3) is 11.1 Å². The Balaban J connectivity index is 1.82. The van der Waals surface area contributed by atoms with Crippen LogP contribution < -0.4 is 5.73 Å². The van der Waals surface area contributed by atoms with Gasteiger partial charge in [0.1, 0.15) is 5.82 Å². The second kappa shape index (κ2) is 4.77. The van der Waals surface area contributed by atoms with Crippen molar-refractivity contribution in [3.05, 3.63) is 35.0 Å². The average Bonchev–Trinajstić information content (AvgIpc) is 3.15. The molecule has 1 aromatic heterocycles. The second-order valence-electron chi connectivity index (χ2n) is 6.39. The highest BCUT2D eigenvalue weighted by Crippen LogP contribution is 2.62. The lowest BCUT2D eigenvalue weighted by Gasteiger charge is -2.06.